The van der Waals surface area contributed by atoms with Crippen molar-refractivity contribution in [3.8, 4) is 17.1 Å². The van der Waals surface area contributed by atoms with Crippen LogP contribution in [0.1, 0.15) is 11.1 Å². The van der Waals surface area contributed by atoms with E-state index in [0.29, 0.717) is 12.4 Å². The second kappa shape index (κ2) is 7.61. The normalized spacial score (nSPS) is 10.6. The van der Waals surface area contributed by atoms with E-state index in [1.54, 1.807) is 12.3 Å². The lowest BCUT2D eigenvalue weighted by atomic mass is 10.1. The maximum atomic E-state index is 8.74. The van der Waals surface area contributed by atoms with Gasteiger partial charge in [0.15, 0.2) is 0 Å². The van der Waals surface area contributed by atoms with E-state index in [1.807, 2.05) is 18.3 Å². The van der Waals surface area contributed by atoms with E-state index in [2.05, 4.69) is 45.6 Å². The quantitative estimate of drug-likeness (QED) is 0.622. The van der Waals surface area contributed by atoms with Gasteiger partial charge in [-0.05, 0) is 19.1 Å². The number of hydrogen-bond acceptors (Lipinski definition) is 5. The van der Waals surface area contributed by atoms with Crippen LogP contribution < -0.4 is 10.1 Å². The summed E-state index contributed by atoms with van der Waals surface area (Å²) in [7, 11) is 0. The Morgan fingerprint density at radius 3 is 2.88 bits per heavy atom. The number of anilines is 1. The van der Waals surface area contributed by atoms with Gasteiger partial charge >= 0.3 is 0 Å². The van der Waals surface area contributed by atoms with Gasteiger partial charge in [0.2, 0.25) is 5.88 Å². The number of benzene rings is 1. The zero-order valence-electron chi connectivity index (χ0n) is 13.5. The lowest BCUT2D eigenvalue weighted by Gasteiger charge is -2.08. The van der Waals surface area contributed by atoms with Crippen LogP contribution in [-0.2, 0) is 6.54 Å². The van der Waals surface area contributed by atoms with Crippen molar-refractivity contribution >= 4 is 5.69 Å². The van der Waals surface area contributed by atoms with Gasteiger partial charge in [-0.2, -0.15) is 5.10 Å². The van der Waals surface area contributed by atoms with Crippen LogP contribution in [0, 0.1) is 6.92 Å². The predicted octanol–water partition coefficient (Wildman–Crippen LogP) is 2.76. The molecule has 6 nitrogen and oxygen atoms in total. The number of aliphatic hydroxyl groups excluding tert-OH is 1. The van der Waals surface area contributed by atoms with E-state index in [9.17, 15) is 0 Å². The van der Waals surface area contributed by atoms with Crippen LogP contribution in [-0.4, -0.2) is 33.5 Å². The van der Waals surface area contributed by atoms with Gasteiger partial charge in [0.05, 0.1) is 30.4 Å². The number of aliphatic hydroxyl groups is 1. The van der Waals surface area contributed by atoms with E-state index in [-0.39, 0.29) is 13.2 Å². The standard InChI is InChI=1S/C18H20N4O2/c1-13-3-2-4-14(9-13)18-15(11-21-22-18)10-19-16-5-6-17(20-12-16)24-8-7-23/h2-6,9,11-12,19,23H,7-8,10H2,1H3,(H,21,22). The van der Waals surface area contributed by atoms with Gasteiger partial charge in [-0.15, -0.1) is 0 Å². The van der Waals surface area contributed by atoms with E-state index >= 15 is 0 Å². The van der Waals surface area contributed by atoms with Gasteiger partial charge in [0.25, 0.3) is 0 Å². The molecule has 24 heavy (non-hydrogen) atoms. The molecule has 124 valence electrons. The topological polar surface area (TPSA) is 83.1 Å². The van der Waals surface area contributed by atoms with Gasteiger partial charge < -0.3 is 15.2 Å². The van der Waals surface area contributed by atoms with Crippen molar-refractivity contribution in [2.24, 2.45) is 0 Å². The number of hydrogen-bond donors (Lipinski definition) is 3. The summed E-state index contributed by atoms with van der Waals surface area (Å²) in [5, 5.41) is 19.3. The molecule has 3 N–H and O–H groups in total. The average Bonchev–Trinajstić information content (AvgIpc) is 3.07. The van der Waals surface area contributed by atoms with Crippen LogP contribution >= 0.6 is 0 Å². The second-order valence-electron chi connectivity index (χ2n) is 5.45. The van der Waals surface area contributed by atoms with Gasteiger partial charge in [-0.3, -0.25) is 5.10 Å². The van der Waals surface area contributed by atoms with E-state index < -0.39 is 0 Å². The number of aromatic nitrogens is 3. The molecule has 2 heterocycles. The highest BCUT2D eigenvalue weighted by molar-refractivity contribution is 5.64. The number of aryl methyl sites for hydroxylation is 1. The first-order valence-electron chi connectivity index (χ1n) is 7.79. The second-order valence-corrected chi connectivity index (χ2v) is 5.45. The number of ether oxygens (including phenoxy) is 1. The van der Waals surface area contributed by atoms with Crippen LogP contribution in [0.3, 0.4) is 0 Å². The molecule has 0 saturated carbocycles. The predicted molar refractivity (Wildman–Crippen MR) is 92.9 cm³/mol. The number of nitrogens with one attached hydrogen (secondary N) is 2. The van der Waals surface area contributed by atoms with Crippen LogP contribution in [0.2, 0.25) is 0 Å². The Kier molecular flexibility index (Phi) is 5.08. The van der Waals surface area contributed by atoms with Crippen molar-refractivity contribution in [3.63, 3.8) is 0 Å². The highest BCUT2D eigenvalue weighted by Gasteiger charge is 2.08. The first-order valence-corrected chi connectivity index (χ1v) is 7.79. The summed E-state index contributed by atoms with van der Waals surface area (Å²) >= 11 is 0. The number of nitrogens with zero attached hydrogens (tertiary/aromatic N) is 2. The summed E-state index contributed by atoms with van der Waals surface area (Å²) in [5.74, 6) is 0.498. The molecule has 3 aromatic rings. The molecule has 0 aliphatic carbocycles. The summed E-state index contributed by atoms with van der Waals surface area (Å²) in [6, 6.07) is 12.0. The van der Waals surface area contributed by atoms with Gasteiger partial charge in [0, 0.05) is 23.7 Å². The molecule has 0 aliphatic heterocycles. The Bertz CT molecular complexity index is 784. The largest absolute Gasteiger partial charge is 0.475 e. The third kappa shape index (κ3) is 3.91. The van der Waals surface area contributed by atoms with Crippen molar-refractivity contribution in [3.05, 3.63) is 59.9 Å². The smallest absolute Gasteiger partial charge is 0.213 e. The zero-order valence-corrected chi connectivity index (χ0v) is 13.5. The molecule has 3 rings (SSSR count). The summed E-state index contributed by atoms with van der Waals surface area (Å²) in [6.07, 6.45) is 3.54. The van der Waals surface area contributed by atoms with Crippen molar-refractivity contribution in [2.75, 3.05) is 18.5 Å². The molecule has 0 bridgehead atoms. The minimum Gasteiger partial charge on any atom is -0.475 e. The minimum absolute atomic E-state index is 0.0239. The number of pyridine rings is 1. The summed E-state index contributed by atoms with van der Waals surface area (Å²) < 4.78 is 5.24. The zero-order chi connectivity index (χ0) is 16.8. The molecule has 6 heteroatoms. The lowest BCUT2D eigenvalue weighted by molar-refractivity contribution is 0.196. The third-order valence-electron chi connectivity index (χ3n) is 3.59. The van der Waals surface area contributed by atoms with Crippen LogP contribution in [0.5, 0.6) is 5.88 Å². The number of rotatable bonds is 7. The minimum atomic E-state index is -0.0239. The van der Waals surface area contributed by atoms with E-state index in [1.165, 1.54) is 5.56 Å². The molecule has 0 atom stereocenters. The number of H-pyrrole nitrogens is 1. The van der Waals surface area contributed by atoms with Crippen LogP contribution in [0.4, 0.5) is 5.69 Å². The van der Waals surface area contributed by atoms with Crippen molar-refractivity contribution in [1.29, 1.82) is 0 Å². The fourth-order valence-electron chi connectivity index (χ4n) is 2.41. The Hall–Kier alpha value is -2.86. The average molecular weight is 324 g/mol. The molecule has 0 spiro atoms. The number of aromatic amines is 1. The summed E-state index contributed by atoms with van der Waals surface area (Å²) in [5.41, 5.74) is 5.32. The first kappa shape index (κ1) is 16.0. The molecule has 0 saturated heterocycles. The van der Waals surface area contributed by atoms with Crippen LogP contribution in [0.15, 0.2) is 48.8 Å². The Labute approximate surface area is 140 Å². The van der Waals surface area contributed by atoms with Crippen molar-refractivity contribution in [2.45, 2.75) is 13.5 Å². The van der Waals surface area contributed by atoms with Gasteiger partial charge in [-0.1, -0.05) is 23.8 Å². The molecule has 0 aliphatic rings. The van der Waals surface area contributed by atoms with E-state index in [4.69, 9.17) is 9.84 Å². The van der Waals surface area contributed by atoms with Gasteiger partial charge in [0.1, 0.15) is 6.61 Å². The van der Waals surface area contributed by atoms with Crippen LogP contribution in [0.25, 0.3) is 11.3 Å². The molecular formula is C18H20N4O2. The first-order chi connectivity index (χ1) is 11.8. The maximum absolute atomic E-state index is 8.74. The molecule has 0 radical (unpaired) electrons. The molecular weight excluding hydrogens is 304 g/mol. The third-order valence-corrected chi connectivity index (χ3v) is 3.59. The molecule has 2 aromatic heterocycles. The summed E-state index contributed by atoms with van der Waals surface area (Å²) in [6.45, 7) is 2.93. The Morgan fingerprint density at radius 1 is 1.21 bits per heavy atom. The molecule has 0 amide bonds. The Balaban J connectivity index is 1.66. The van der Waals surface area contributed by atoms with Gasteiger partial charge in [-0.25, -0.2) is 4.98 Å². The van der Waals surface area contributed by atoms with Crippen molar-refractivity contribution < 1.29 is 9.84 Å². The maximum Gasteiger partial charge on any atom is 0.213 e. The molecule has 0 unspecified atom stereocenters. The molecule has 1 aromatic carbocycles. The summed E-state index contributed by atoms with van der Waals surface area (Å²) in [4.78, 5) is 4.19. The Morgan fingerprint density at radius 2 is 2.12 bits per heavy atom. The fraction of sp³-hybridized carbons (Fsp3) is 0.222. The SMILES string of the molecule is Cc1cccc(-c2[nH]ncc2CNc2ccc(OCCO)nc2)c1. The highest BCUT2D eigenvalue weighted by atomic mass is 16.5. The van der Waals surface area contributed by atoms with Crippen molar-refractivity contribution in [1.82, 2.24) is 15.2 Å². The highest BCUT2D eigenvalue weighted by Crippen LogP contribution is 2.23. The molecule has 0 fully saturated rings. The monoisotopic (exact) mass is 324 g/mol. The fourth-order valence-corrected chi connectivity index (χ4v) is 2.41. The lowest BCUT2D eigenvalue weighted by Crippen LogP contribution is -2.04. The van der Waals surface area contributed by atoms with E-state index in [0.717, 1.165) is 22.5 Å².